The minimum absolute atomic E-state index is 0.133. The second kappa shape index (κ2) is 8.39. The van der Waals surface area contributed by atoms with Crippen molar-refractivity contribution in [3.63, 3.8) is 0 Å². The lowest BCUT2D eigenvalue weighted by Gasteiger charge is -2.00. The maximum Gasteiger partial charge on any atom is 0.293 e. The smallest absolute Gasteiger partial charge is 0.293 e. The second-order valence-corrected chi connectivity index (χ2v) is 1.66. The molecule has 60 valence electrons. The molecule has 0 rings (SSSR count). The molecule has 0 radical (unpaired) electrons. The molecule has 4 heteroatoms. The molecule has 0 saturated heterocycles. The number of hydrogen-bond acceptors (Lipinski definition) is 4. The zero-order chi connectivity index (χ0) is 7.66. The van der Waals surface area contributed by atoms with Gasteiger partial charge in [0, 0.05) is 13.2 Å². The quantitative estimate of drug-likeness (QED) is 0.393. The monoisotopic (exact) mass is 148 g/mol. The molecule has 0 aliphatic heterocycles. The molecule has 0 spiro atoms. The fourth-order valence-corrected chi connectivity index (χ4v) is 0.424. The Morgan fingerprint density at radius 2 is 2.10 bits per heavy atom. The molecule has 10 heavy (non-hydrogen) atoms. The first-order chi connectivity index (χ1) is 4.91. The minimum atomic E-state index is 0.133. The molecule has 0 heterocycles. The zero-order valence-electron chi connectivity index (χ0n) is 5.78. The van der Waals surface area contributed by atoms with Crippen LogP contribution in [-0.4, -0.2) is 38.0 Å². The molecule has 4 nitrogen and oxygen atoms in total. The van der Waals surface area contributed by atoms with E-state index in [1.54, 1.807) is 0 Å². The Bertz CT molecular complexity index is 74.1. The van der Waals surface area contributed by atoms with Gasteiger partial charge in [-0.3, -0.25) is 4.79 Å². The number of aliphatic hydroxyl groups excluding tert-OH is 1. The molecular weight excluding hydrogens is 136 g/mol. The summed E-state index contributed by atoms with van der Waals surface area (Å²) in [6.07, 6.45) is 0.626. The summed E-state index contributed by atoms with van der Waals surface area (Å²) < 4.78 is 9.28. The van der Waals surface area contributed by atoms with Crippen LogP contribution in [0, 0.1) is 0 Å². The van der Waals surface area contributed by atoms with Gasteiger partial charge < -0.3 is 14.6 Å². The Labute approximate surface area is 59.7 Å². The summed E-state index contributed by atoms with van der Waals surface area (Å²) in [6, 6.07) is 0. The summed E-state index contributed by atoms with van der Waals surface area (Å²) in [5, 5.41) is 8.30. The van der Waals surface area contributed by atoms with Crippen LogP contribution in [0.1, 0.15) is 6.42 Å². The molecule has 0 fully saturated rings. The van der Waals surface area contributed by atoms with Crippen molar-refractivity contribution in [3.8, 4) is 0 Å². The van der Waals surface area contributed by atoms with E-state index >= 15 is 0 Å². The third kappa shape index (κ3) is 7.39. The lowest BCUT2D eigenvalue weighted by atomic mass is 10.5. The highest BCUT2D eigenvalue weighted by Gasteiger charge is 1.86. The molecule has 0 amide bonds. The highest BCUT2D eigenvalue weighted by molar-refractivity contribution is 5.36. The summed E-state index contributed by atoms with van der Waals surface area (Å²) in [7, 11) is 0. The van der Waals surface area contributed by atoms with Gasteiger partial charge in [-0.2, -0.15) is 0 Å². The largest absolute Gasteiger partial charge is 0.465 e. The van der Waals surface area contributed by atoms with Gasteiger partial charge in [0.05, 0.1) is 6.61 Å². The van der Waals surface area contributed by atoms with Crippen LogP contribution >= 0.6 is 0 Å². The van der Waals surface area contributed by atoms with Gasteiger partial charge in [0.2, 0.25) is 0 Å². The normalized spacial score (nSPS) is 9.30. The molecule has 0 bridgehead atoms. The van der Waals surface area contributed by atoms with E-state index in [1.807, 2.05) is 0 Å². The Balaban J connectivity index is 2.70. The summed E-state index contributed by atoms with van der Waals surface area (Å²) in [5.74, 6) is 0. The molecule has 0 aromatic heterocycles. The van der Waals surface area contributed by atoms with E-state index in [0.717, 1.165) is 0 Å². The second-order valence-electron chi connectivity index (χ2n) is 1.66. The van der Waals surface area contributed by atoms with Crippen LogP contribution in [0.25, 0.3) is 0 Å². The molecular formula is C6H12O4. The number of aliphatic hydroxyl groups is 1. The molecule has 0 atom stereocenters. The predicted molar refractivity (Wildman–Crippen MR) is 34.5 cm³/mol. The minimum Gasteiger partial charge on any atom is -0.465 e. The van der Waals surface area contributed by atoms with Gasteiger partial charge in [-0.15, -0.1) is 0 Å². The molecule has 0 aliphatic rings. The van der Waals surface area contributed by atoms with Crippen LogP contribution in [0.3, 0.4) is 0 Å². The van der Waals surface area contributed by atoms with E-state index in [1.165, 1.54) is 0 Å². The first kappa shape index (κ1) is 9.39. The van der Waals surface area contributed by atoms with E-state index in [-0.39, 0.29) is 13.2 Å². The van der Waals surface area contributed by atoms with Crippen molar-refractivity contribution >= 4 is 6.47 Å². The summed E-state index contributed by atoms with van der Waals surface area (Å²) in [6.45, 7) is 1.72. The molecule has 0 saturated carbocycles. The van der Waals surface area contributed by atoms with E-state index < -0.39 is 0 Å². The van der Waals surface area contributed by atoms with E-state index in [2.05, 4.69) is 4.74 Å². The third-order valence-corrected chi connectivity index (χ3v) is 0.860. The van der Waals surface area contributed by atoms with Crippen LogP contribution in [0.2, 0.25) is 0 Å². The van der Waals surface area contributed by atoms with Gasteiger partial charge in [0.1, 0.15) is 6.61 Å². The molecule has 0 aromatic rings. The maximum absolute atomic E-state index is 9.58. The number of ether oxygens (including phenoxy) is 2. The maximum atomic E-state index is 9.58. The standard InChI is InChI=1S/C6H12O4/c7-2-1-3-9-4-5-10-6-8/h6-7H,1-5H2. The van der Waals surface area contributed by atoms with E-state index in [0.29, 0.717) is 26.1 Å². The van der Waals surface area contributed by atoms with Crippen molar-refractivity contribution in [3.05, 3.63) is 0 Å². The van der Waals surface area contributed by atoms with Gasteiger partial charge in [0.15, 0.2) is 0 Å². The van der Waals surface area contributed by atoms with Gasteiger partial charge in [-0.1, -0.05) is 0 Å². The fourth-order valence-electron chi connectivity index (χ4n) is 0.424. The number of hydrogen-bond donors (Lipinski definition) is 1. The number of rotatable bonds is 7. The van der Waals surface area contributed by atoms with Crippen molar-refractivity contribution in [1.29, 1.82) is 0 Å². The van der Waals surface area contributed by atoms with Crippen LogP contribution in [0.5, 0.6) is 0 Å². The van der Waals surface area contributed by atoms with Crippen molar-refractivity contribution in [2.75, 3.05) is 26.4 Å². The molecule has 1 N–H and O–H groups in total. The first-order valence-corrected chi connectivity index (χ1v) is 3.15. The molecule has 0 unspecified atom stereocenters. The molecule has 0 aromatic carbocycles. The lowest BCUT2D eigenvalue weighted by Crippen LogP contribution is -2.04. The van der Waals surface area contributed by atoms with Crippen LogP contribution < -0.4 is 0 Å². The molecule has 0 aliphatic carbocycles. The number of carbonyl (C=O) groups excluding carboxylic acids is 1. The highest BCUT2D eigenvalue weighted by atomic mass is 16.5. The Morgan fingerprint density at radius 1 is 1.30 bits per heavy atom. The van der Waals surface area contributed by atoms with Crippen molar-refractivity contribution in [2.24, 2.45) is 0 Å². The highest BCUT2D eigenvalue weighted by Crippen LogP contribution is 1.80. The van der Waals surface area contributed by atoms with Gasteiger partial charge in [-0.05, 0) is 6.42 Å². The average Bonchev–Trinajstić information content (AvgIpc) is 1.97. The van der Waals surface area contributed by atoms with Gasteiger partial charge in [-0.25, -0.2) is 0 Å². The van der Waals surface area contributed by atoms with Crippen LogP contribution in [0.4, 0.5) is 0 Å². The Kier molecular flexibility index (Phi) is 7.88. The number of carbonyl (C=O) groups is 1. The first-order valence-electron chi connectivity index (χ1n) is 3.15. The van der Waals surface area contributed by atoms with Crippen LogP contribution in [0.15, 0.2) is 0 Å². The van der Waals surface area contributed by atoms with Crippen molar-refractivity contribution < 1.29 is 19.4 Å². The average molecular weight is 148 g/mol. The summed E-state index contributed by atoms with van der Waals surface area (Å²) >= 11 is 0. The van der Waals surface area contributed by atoms with Crippen molar-refractivity contribution in [2.45, 2.75) is 6.42 Å². The lowest BCUT2D eigenvalue weighted by molar-refractivity contribution is -0.130. The third-order valence-electron chi connectivity index (χ3n) is 0.860. The summed E-state index contributed by atoms with van der Waals surface area (Å²) in [4.78, 5) is 9.58. The SMILES string of the molecule is O=COCCOCCCO. The predicted octanol–water partition coefficient (Wildman–Crippen LogP) is -0.442. The Hall–Kier alpha value is -0.610. The fraction of sp³-hybridized carbons (Fsp3) is 0.833. The Morgan fingerprint density at radius 3 is 2.70 bits per heavy atom. The van der Waals surface area contributed by atoms with Gasteiger partial charge in [0.25, 0.3) is 6.47 Å². The summed E-state index contributed by atoms with van der Waals surface area (Å²) in [5.41, 5.74) is 0. The topological polar surface area (TPSA) is 55.8 Å². The van der Waals surface area contributed by atoms with Gasteiger partial charge >= 0.3 is 0 Å². The van der Waals surface area contributed by atoms with Crippen molar-refractivity contribution in [1.82, 2.24) is 0 Å². The van der Waals surface area contributed by atoms with Crippen LogP contribution in [-0.2, 0) is 14.3 Å². The van der Waals surface area contributed by atoms with E-state index in [9.17, 15) is 4.79 Å². The van der Waals surface area contributed by atoms with E-state index in [4.69, 9.17) is 9.84 Å². The zero-order valence-corrected chi connectivity index (χ0v) is 5.78.